The summed E-state index contributed by atoms with van der Waals surface area (Å²) in [5.74, 6) is 3.12. The van der Waals surface area contributed by atoms with Crippen LogP contribution in [0.1, 0.15) is 0 Å². The van der Waals surface area contributed by atoms with E-state index in [0.717, 1.165) is 61.8 Å². The van der Waals surface area contributed by atoms with Crippen molar-refractivity contribution >= 4 is 29.4 Å². The summed E-state index contributed by atoms with van der Waals surface area (Å²) >= 11 is 1.16. The largest absolute Gasteiger partial charge is 0.486 e. The Kier molecular flexibility index (Phi) is 4.65. The summed E-state index contributed by atoms with van der Waals surface area (Å²) < 4.78 is 20.7. The van der Waals surface area contributed by atoms with E-state index in [4.69, 9.17) is 9.47 Å². The average Bonchev–Trinajstić information content (AvgIpc) is 3.37. The van der Waals surface area contributed by atoms with Gasteiger partial charge in [-0.2, -0.15) is 8.75 Å². The van der Waals surface area contributed by atoms with Crippen LogP contribution in [-0.4, -0.2) is 78.2 Å². The van der Waals surface area contributed by atoms with Crippen molar-refractivity contribution < 1.29 is 14.3 Å². The van der Waals surface area contributed by atoms with Crippen molar-refractivity contribution in [2.24, 2.45) is 0 Å². The second-order valence-electron chi connectivity index (χ2n) is 7.08. The van der Waals surface area contributed by atoms with Gasteiger partial charge >= 0.3 is 6.03 Å². The molecule has 0 spiro atoms. The first-order valence-electron chi connectivity index (χ1n) is 9.51. The number of benzene rings is 1. The van der Waals surface area contributed by atoms with Gasteiger partial charge < -0.3 is 19.7 Å². The van der Waals surface area contributed by atoms with Crippen LogP contribution in [0, 0.1) is 0 Å². The van der Waals surface area contributed by atoms with E-state index >= 15 is 0 Å². The Labute approximate surface area is 167 Å². The number of nitrogens with zero attached hydrogens (tertiary/aromatic N) is 5. The lowest BCUT2D eigenvalue weighted by Gasteiger charge is -2.37. The van der Waals surface area contributed by atoms with Gasteiger partial charge in [-0.15, -0.1) is 0 Å². The molecule has 1 unspecified atom stereocenters. The summed E-state index contributed by atoms with van der Waals surface area (Å²) in [4.78, 5) is 18.3. The van der Waals surface area contributed by atoms with Gasteiger partial charge in [-0.3, -0.25) is 9.80 Å². The van der Waals surface area contributed by atoms with Gasteiger partial charge in [0.25, 0.3) is 0 Å². The molecule has 10 heteroatoms. The number of hydrogen-bond donors (Lipinski definition) is 1. The Morgan fingerprint density at radius 2 is 1.86 bits per heavy atom. The highest BCUT2D eigenvalue weighted by Gasteiger charge is 2.31. The summed E-state index contributed by atoms with van der Waals surface area (Å²) in [7, 11) is 0. The van der Waals surface area contributed by atoms with Crippen molar-refractivity contribution in [3.8, 4) is 11.5 Å². The molecule has 0 saturated carbocycles. The third-order valence-electron chi connectivity index (χ3n) is 5.27. The molecule has 2 amide bonds. The Morgan fingerprint density at radius 3 is 2.64 bits per heavy atom. The fourth-order valence-corrected chi connectivity index (χ4v) is 4.38. The van der Waals surface area contributed by atoms with Crippen LogP contribution < -0.4 is 24.6 Å². The topological polar surface area (TPSA) is 83.1 Å². The van der Waals surface area contributed by atoms with Crippen LogP contribution in [0.3, 0.4) is 0 Å². The molecular weight excluding hydrogens is 380 g/mol. The second kappa shape index (κ2) is 7.44. The molecule has 0 aliphatic carbocycles. The number of ether oxygens (including phenoxy) is 2. The quantitative estimate of drug-likeness (QED) is 0.818. The minimum Gasteiger partial charge on any atom is -0.486 e. The number of fused-ring (bicyclic) bond motifs is 1. The molecule has 2 aromatic rings. The molecule has 3 aliphatic heterocycles. The van der Waals surface area contributed by atoms with Crippen LogP contribution >= 0.6 is 11.7 Å². The number of nitrogens with one attached hydrogen (secondary N) is 1. The Morgan fingerprint density at radius 1 is 1.07 bits per heavy atom. The zero-order valence-electron chi connectivity index (χ0n) is 15.4. The maximum absolute atomic E-state index is 12.0. The van der Waals surface area contributed by atoms with E-state index in [1.54, 1.807) is 4.90 Å². The number of para-hydroxylation sites is 2. The number of amides is 2. The Bertz CT molecular complexity index is 853. The highest BCUT2D eigenvalue weighted by atomic mass is 32.1. The van der Waals surface area contributed by atoms with Gasteiger partial charge in [0.1, 0.15) is 12.7 Å². The van der Waals surface area contributed by atoms with Gasteiger partial charge in [0.2, 0.25) is 0 Å². The summed E-state index contributed by atoms with van der Waals surface area (Å²) in [6, 6.07) is 7.70. The van der Waals surface area contributed by atoms with Gasteiger partial charge in [-0.05, 0) is 12.1 Å². The van der Waals surface area contributed by atoms with E-state index in [1.807, 2.05) is 24.3 Å². The van der Waals surface area contributed by atoms with Crippen molar-refractivity contribution in [2.45, 2.75) is 6.10 Å². The predicted octanol–water partition coefficient (Wildman–Crippen LogP) is 1.03. The van der Waals surface area contributed by atoms with E-state index < -0.39 is 0 Å². The van der Waals surface area contributed by atoms with Crippen molar-refractivity contribution in [3.05, 3.63) is 24.3 Å². The summed E-state index contributed by atoms with van der Waals surface area (Å²) in [5, 5.41) is 2.82. The summed E-state index contributed by atoms with van der Waals surface area (Å²) in [5.41, 5.74) is 0. The molecule has 2 fully saturated rings. The molecule has 0 bridgehead atoms. The lowest BCUT2D eigenvalue weighted by Crippen LogP contribution is -2.51. The van der Waals surface area contributed by atoms with Gasteiger partial charge in [-0.1, -0.05) is 12.1 Å². The van der Waals surface area contributed by atoms with Crippen LogP contribution in [0.4, 0.5) is 16.4 Å². The second-order valence-corrected chi connectivity index (χ2v) is 7.61. The van der Waals surface area contributed by atoms with Crippen molar-refractivity contribution in [1.29, 1.82) is 0 Å². The fraction of sp³-hybridized carbons (Fsp3) is 0.500. The lowest BCUT2D eigenvalue weighted by atomic mass is 10.2. The first-order chi connectivity index (χ1) is 13.8. The van der Waals surface area contributed by atoms with E-state index in [-0.39, 0.29) is 12.1 Å². The molecule has 1 aromatic carbocycles. The summed E-state index contributed by atoms with van der Waals surface area (Å²) in [6.45, 7) is 6.19. The fourth-order valence-electron chi connectivity index (χ4n) is 3.81. The van der Waals surface area contributed by atoms with Crippen LogP contribution in [0.15, 0.2) is 24.3 Å². The molecule has 2 saturated heterocycles. The smallest absolute Gasteiger partial charge is 0.323 e. The standard InChI is InChI=1S/C18H22N6O3S/c25-18-19-5-6-24(18)17-16(20-28-21-17)23-9-7-22(8-10-23)11-13-12-26-14-3-1-2-4-15(14)27-13/h1-4,13H,5-12H2,(H,19,25). The normalized spacial score (nSPS) is 22.4. The molecule has 4 heterocycles. The number of carbonyl (C=O) groups is 1. The summed E-state index contributed by atoms with van der Waals surface area (Å²) in [6.07, 6.45) is 0.0336. The van der Waals surface area contributed by atoms with E-state index in [1.165, 1.54) is 0 Å². The van der Waals surface area contributed by atoms with Gasteiger partial charge in [-0.25, -0.2) is 4.79 Å². The third-order valence-corrected chi connectivity index (χ3v) is 5.78. The zero-order chi connectivity index (χ0) is 18.9. The number of anilines is 2. The Balaban J connectivity index is 1.18. The first kappa shape index (κ1) is 17.5. The Hall–Kier alpha value is -2.59. The molecule has 3 aliphatic rings. The molecule has 5 rings (SSSR count). The molecule has 1 atom stereocenters. The van der Waals surface area contributed by atoms with Crippen LogP contribution in [-0.2, 0) is 0 Å². The number of hydrogen-bond acceptors (Lipinski definition) is 8. The van der Waals surface area contributed by atoms with Gasteiger partial charge in [0.05, 0.1) is 11.7 Å². The van der Waals surface area contributed by atoms with Gasteiger partial charge in [0.15, 0.2) is 23.1 Å². The molecule has 9 nitrogen and oxygen atoms in total. The van der Waals surface area contributed by atoms with Crippen LogP contribution in [0.2, 0.25) is 0 Å². The van der Waals surface area contributed by atoms with Crippen LogP contribution in [0.25, 0.3) is 0 Å². The first-order valence-corrected chi connectivity index (χ1v) is 10.2. The van der Waals surface area contributed by atoms with E-state index in [0.29, 0.717) is 25.5 Å². The van der Waals surface area contributed by atoms with Gasteiger partial charge in [0, 0.05) is 45.8 Å². The molecule has 148 valence electrons. The monoisotopic (exact) mass is 402 g/mol. The molecule has 0 radical (unpaired) electrons. The number of aromatic nitrogens is 2. The number of carbonyl (C=O) groups excluding carboxylic acids is 1. The third kappa shape index (κ3) is 3.33. The van der Waals surface area contributed by atoms with Crippen molar-refractivity contribution in [2.75, 3.05) is 62.2 Å². The molecular formula is C18H22N6O3S. The minimum atomic E-state index is -0.0951. The highest BCUT2D eigenvalue weighted by molar-refractivity contribution is 6.99. The number of rotatable bonds is 4. The molecule has 1 aromatic heterocycles. The highest BCUT2D eigenvalue weighted by Crippen LogP contribution is 2.32. The van der Waals surface area contributed by atoms with E-state index in [2.05, 4.69) is 23.9 Å². The van der Waals surface area contributed by atoms with Crippen LogP contribution in [0.5, 0.6) is 11.5 Å². The average molecular weight is 402 g/mol. The van der Waals surface area contributed by atoms with Crippen molar-refractivity contribution in [1.82, 2.24) is 19.0 Å². The molecule has 28 heavy (non-hydrogen) atoms. The lowest BCUT2D eigenvalue weighted by molar-refractivity contribution is 0.0571. The molecule has 1 N–H and O–H groups in total. The maximum Gasteiger partial charge on any atom is 0.323 e. The SMILES string of the molecule is O=C1NCCN1c1nsnc1N1CCN(CC2COc3ccccc3O2)CC1. The number of piperazine rings is 1. The number of urea groups is 1. The van der Waals surface area contributed by atoms with E-state index in [9.17, 15) is 4.79 Å². The maximum atomic E-state index is 12.0. The van der Waals surface area contributed by atoms with Crippen molar-refractivity contribution in [3.63, 3.8) is 0 Å². The predicted molar refractivity (Wildman–Crippen MR) is 106 cm³/mol. The zero-order valence-corrected chi connectivity index (χ0v) is 16.2. The minimum absolute atomic E-state index is 0.0336.